The lowest BCUT2D eigenvalue weighted by Crippen LogP contribution is -2.40. The minimum Gasteiger partial charge on any atom is -0.370 e. The van der Waals surface area contributed by atoms with Crippen molar-refractivity contribution >= 4 is 5.82 Å². The van der Waals surface area contributed by atoms with Gasteiger partial charge in [-0.05, 0) is 18.8 Å². The molecule has 1 aliphatic carbocycles. The summed E-state index contributed by atoms with van der Waals surface area (Å²) in [4.78, 5) is 23.5. The molecular weight excluding hydrogens is 220 g/mol. The molecule has 0 aliphatic heterocycles. The van der Waals surface area contributed by atoms with Crippen LogP contribution in [-0.4, -0.2) is 15.7 Å². The Morgan fingerprint density at radius 1 is 1.35 bits per heavy atom. The third kappa shape index (κ3) is 1.96. The van der Waals surface area contributed by atoms with Gasteiger partial charge < -0.3 is 5.32 Å². The van der Waals surface area contributed by atoms with Crippen LogP contribution in [0.5, 0.6) is 0 Å². The van der Waals surface area contributed by atoms with Crippen molar-refractivity contribution in [3.63, 3.8) is 0 Å². The maximum Gasteiger partial charge on any atom is 0.332 e. The average Bonchev–Trinajstić information content (AvgIpc) is 3.13. The van der Waals surface area contributed by atoms with Crippen molar-refractivity contribution in [2.24, 2.45) is 20.0 Å². The Kier molecular flexibility index (Phi) is 2.76. The molecule has 6 heteroatoms. The summed E-state index contributed by atoms with van der Waals surface area (Å²) in [5.74, 6) is 0.924. The van der Waals surface area contributed by atoms with E-state index in [4.69, 9.17) is 5.26 Å². The number of anilines is 1. The van der Waals surface area contributed by atoms with Gasteiger partial charge in [-0.2, -0.15) is 5.26 Å². The predicted octanol–water partition coefficient (Wildman–Crippen LogP) is -0.222. The quantitative estimate of drug-likeness (QED) is 0.784. The first-order valence-corrected chi connectivity index (χ1v) is 5.50. The third-order valence-electron chi connectivity index (χ3n) is 3.03. The van der Waals surface area contributed by atoms with Gasteiger partial charge in [-0.25, -0.2) is 4.79 Å². The highest BCUT2D eigenvalue weighted by molar-refractivity contribution is 5.51. The lowest BCUT2D eigenvalue weighted by Gasteiger charge is -2.13. The van der Waals surface area contributed by atoms with E-state index in [1.165, 1.54) is 11.6 Å². The Balaban J connectivity index is 2.51. The minimum absolute atomic E-state index is 0.00440. The normalized spacial score (nSPS) is 14.4. The molecule has 1 aliphatic rings. The van der Waals surface area contributed by atoms with Crippen LogP contribution in [-0.2, 0) is 14.1 Å². The Morgan fingerprint density at radius 2 is 2.00 bits per heavy atom. The van der Waals surface area contributed by atoms with Crippen LogP contribution in [0.25, 0.3) is 0 Å². The number of aromatic nitrogens is 2. The highest BCUT2D eigenvalue weighted by atomic mass is 16.2. The van der Waals surface area contributed by atoms with Gasteiger partial charge in [0.25, 0.3) is 5.56 Å². The van der Waals surface area contributed by atoms with E-state index in [-0.39, 0.29) is 5.56 Å². The highest BCUT2D eigenvalue weighted by Crippen LogP contribution is 2.28. The Labute approximate surface area is 98.1 Å². The van der Waals surface area contributed by atoms with Crippen LogP contribution in [0.1, 0.15) is 18.4 Å². The van der Waals surface area contributed by atoms with Crippen LogP contribution in [0, 0.1) is 17.2 Å². The van der Waals surface area contributed by atoms with Gasteiger partial charge in [0.2, 0.25) is 0 Å². The summed E-state index contributed by atoms with van der Waals surface area (Å²) >= 11 is 0. The largest absolute Gasteiger partial charge is 0.370 e. The molecule has 0 amide bonds. The van der Waals surface area contributed by atoms with E-state index >= 15 is 0 Å². The second kappa shape index (κ2) is 4.09. The van der Waals surface area contributed by atoms with Crippen molar-refractivity contribution < 1.29 is 0 Å². The third-order valence-corrected chi connectivity index (χ3v) is 3.03. The van der Waals surface area contributed by atoms with Crippen LogP contribution >= 0.6 is 0 Å². The van der Waals surface area contributed by atoms with Gasteiger partial charge in [-0.3, -0.25) is 13.9 Å². The summed E-state index contributed by atoms with van der Waals surface area (Å²) in [6.07, 6.45) is 2.32. The van der Waals surface area contributed by atoms with Crippen molar-refractivity contribution in [3.05, 3.63) is 26.4 Å². The number of rotatable bonds is 3. The molecule has 0 spiro atoms. The first-order chi connectivity index (χ1) is 8.06. The lowest BCUT2D eigenvalue weighted by atomic mass is 10.3. The van der Waals surface area contributed by atoms with Gasteiger partial charge in [-0.1, -0.05) is 0 Å². The van der Waals surface area contributed by atoms with Gasteiger partial charge in [0.1, 0.15) is 11.9 Å². The SMILES string of the molecule is Cn1c(NCC2CC2)c(C#N)c(=O)n(C)c1=O. The fraction of sp³-hybridized carbons (Fsp3) is 0.545. The zero-order valence-electron chi connectivity index (χ0n) is 9.86. The van der Waals surface area contributed by atoms with E-state index in [1.54, 1.807) is 7.05 Å². The Hall–Kier alpha value is -2.03. The fourth-order valence-electron chi connectivity index (χ4n) is 1.71. The van der Waals surface area contributed by atoms with E-state index in [1.807, 2.05) is 6.07 Å². The van der Waals surface area contributed by atoms with E-state index in [0.29, 0.717) is 18.3 Å². The molecule has 1 fully saturated rings. The molecule has 1 aromatic heterocycles. The number of hydrogen-bond donors (Lipinski definition) is 1. The topological polar surface area (TPSA) is 79.8 Å². The van der Waals surface area contributed by atoms with Crippen LogP contribution < -0.4 is 16.6 Å². The van der Waals surface area contributed by atoms with Gasteiger partial charge >= 0.3 is 5.69 Å². The van der Waals surface area contributed by atoms with Crippen LogP contribution in [0.4, 0.5) is 5.82 Å². The van der Waals surface area contributed by atoms with Crippen LogP contribution in [0.15, 0.2) is 9.59 Å². The van der Waals surface area contributed by atoms with Crippen molar-refractivity contribution in [2.75, 3.05) is 11.9 Å². The van der Waals surface area contributed by atoms with Crippen molar-refractivity contribution in [3.8, 4) is 6.07 Å². The Bertz CT molecular complexity index is 602. The molecule has 0 saturated heterocycles. The van der Waals surface area contributed by atoms with E-state index in [0.717, 1.165) is 17.4 Å². The first kappa shape index (κ1) is 11.5. The minimum atomic E-state index is -0.547. The molecule has 0 bridgehead atoms. The maximum absolute atomic E-state index is 11.7. The van der Waals surface area contributed by atoms with Crippen molar-refractivity contribution in [1.82, 2.24) is 9.13 Å². The lowest BCUT2D eigenvalue weighted by molar-refractivity contribution is 0.682. The molecule has 0 aromatic carbocycles. The van der Waals surface area contributed by atoms with Gasteiger partial charge in [0.15, 0.2) is 5.56 Å². The number of hydrogen-bond acceptors (Lipinski definition) is 4. The molecule has 1 heterocycles. The van der Waals surface area contributed by atoms with Crippen LogP contribution in [0.2, 0.25) is 0 Å². The zero-order chi connectivity index (χ0) is 12.6. The van der Waals surface area contributed by atoms with E-state index in [9.17, 15) is 9.59 Å². The van der Waals surface area contributed by atoms with E-state index < -0.39 is 11.2 Å². The molecule has 0 radical (unpaired) electrons. The highest BCUT2D eigenvalue weighted by Gasteiger charge is 2.22. The summed E-state index contributed by atoms with van der Waals surface area (Å²) < 4.78 is 2.25. The van der Waals surface area contributed by atoms with Crippen molar-refractivity contribution in [2.45, 2.75) is 12.8 Å². The van der Waals surface area contributed by atoms with Crippen LogP contribution in [0.3, 0.4) is 0 Å². The molecule has 0 atom stereocenters. The summed E-state index contributed by atoms with van der Waals surface area (Å²) in [5.41, 5.74) is -0.976. The second-order valence-electron chi connectivity index (χ2n) is 4.37. The summed E-state index contributed by atoms with van der Waals surface area (Å²) in [6.45, 7) is 0.703. The molecule has 17 heavy (non-hydrogen) atoms. The monoisotopic (exact) mass is 234 g/mol. The second-order valence-corrected chi connectivity index (χ2v) is 4.37. The zero-order valence-corrected chi connectivity index (χ0v) is 9.86. The maximum atomic E-state index is 11.7. The Morgan fingerprint density at radius 3 is 2.53 bits per heavy atom. The van der Waals surface area contributed by atoms with E-state index in [2.05, 4.69) is 5.32 Å². The molecule has 1 aromatic rings. The predicted molar refractivity (Wildman–Crippen MR) is 62.9 cm³/mol. The molecule has 0 unspecified atom stereocenters. The summed E-state index contributed by atoms with van der Waals surface area (Å²) in [5, 5.41) is 12.0. The molecular formula is C11H14N4O2. The number of nitrogens with one attached hydrogen (secondary N) is 1. The molecule has 90 valence electrons. The van der Waals surface area contributed by atoms with Gasteiger partial charge in [0, 0.05) is 20.6 Å². The fourth-order valence-corrected chi connectivity index (χ4v) is 1.71. The molecule has 1 N–H and O–H groups in total. The number of nitrogens with zero attached hydrogens (tertiary/aromatic N) is 3. The van der Waals surface area contributed by atoms with Gasteiger partial charge in [0.05, 0.1) is 0 Å². The van der Waals surface area contributed by atoms with Gasteiger partial charge in [-0.15, -0.1) is 0 Å². The first-order valence-electron chi connectivity index (χ1n) is 5.50. The smallest absolute Gasteiger partial charge is 0.332 e. The molecule has 2 rings (SSSR count). The standard InChI is InChI=1S/C11H14N4O2/c1-14-9(13-6-7-3-4-7)8(5-12)10(16)15(2)11(14)17/h7,13H,3-4,6H2,1-2H3. The summed E-state index contributed by atoms with van der Waals surface area (Å²) in [6, 6.07) is 1.86. The van der Waals surface area contributed by atoms with Crippen molar-refractivity contribution in [1.29, 1.82) is 5.26 Å². The summed E-state index contributed by atoms with van der Waals surface area (Å²) in [7, 11) is 2.92. The average molecular weight is 234 g/mol. The number of nitriles is 1. The molecule has 1 saturated carbocycles. The molecule has 6 nitrogen and oxygen atoms in total.